The molecule has 1 aromatic heterocycles. The molecule has 0 unspecified atom stereocenters. The number of aromatic amines is 1. The van der Waals surface area contributed by atoms with E-state index in [-0.39, 0.29) is 10.5 Å². The van der Waals surface area contributed by atoms with Crippen molar-refractivity contribution in [2.24, 2.45) is 5.10 Å². The van der Waals surface area contributed by atoms with Crippen LogP contribution in [0.3, 0.4) is 0 Å². The highest BCUT2D eigenvalue weighted by Crippen LogP contribution is 2.14. The number of nitrogens with one attached hydrogen (secondary N) is 2. The lowest BCUT2D eigenvalue weighted by Crippen LogP contribution is -2.23. The average Bonchev–Trinajstić information content (AvgIpc) is 3.06. The van der Waals surface area contributed by atoms with Gasteiger partial charge in [-0.1, -0.05) is 6.07 Å². The van der Waals surface area contributed by atoms with Gasteiger partial charge in [0.05, 0.1) is 16.3 Å². The first-order valence-corrected chi connectivity index (χ1v) is 8.27. The van der Waals surface area contributed by atoms with Crippen LogP contribution in [-0.2, 0) is 10.0 Å². The van der Waals surface area contributed by atoms with E-state index in [0.29, 0.717) is 5.71 Å². The number of carbonyl (C=O) groups excluding carboxylic acids is 1. The first-order valence-electron chi connectivity index (χ1n) is 6.83. The number of sulfonamides is 1. The minimum Gasteiger partial charge on any atom is -0.360 e. The van der Waals surface area contributed by atoms with Crippen LogP contribution in [0.25, 0.3) is 0 Å². The molecule has 0 aliphatic heterocycles. The first-order chi connectivity index (χ1) is 10.8. The van der Waals surface area contributed by atoms with Crippen LogP contribution in [0, 0.1) is 0 Å². The van der Waals surface area contributed by atoms with Crippen LogP contribution in [0.1, 0.15) is 23.0 Å². The molecule has 0 radical (unpaired) electrons. The third-order valence-electron chi connectivity index (χ3n) is 3.19. The van der Waals surface area contributed by atoms with Crippen molar-refractivity contribution < 1.29 is 13.2 Å². The van der Waals surface area contributed by atoms with E-state index in [2.05, 4.69) is 15.5 Å². The molecule has 1 heterocycles. The van der Waals surface area contributed by atoms with Crippen molar-refractivity contribution in [2.45, 2.75) is 11.8 Å². The zero-order valence-electron chi connectivity index (χ0n) is 13.1. The Hall–Kier alpha value is -2.45. The number of hydrazone groups is 1. The molecule has 0 aliphatic rings. The molecule has 2 aromatic rings. The molecule has 0 aliphatic carbocycles. The maximum Gasteiger partial charge on any atom is 0.271 e. The standard InChI is InChI=1S/C15H18N4O3S/c1-11(14-8-5-9-16-14)17-18-15(20)12-6-4-7-13(10-12)23(21,22)19(2)3/h4-10,16H,1-3H3,(H,18,20)/b17-11+. The van der Waals surface area contributed by atoms with Crippen molar-refractivity contribution in [3.63, 3.8) is 0 Å². The molecule has 0 saturated carbocycles. The van der Waals surface area contributed by atoms with Gasteiger partial charge in [0, 0.05) is 25.9 Å². The SMILES string of the molecule is C/C(=N\NC(=O)c1cccc(S(=O)(=O)N(C)C)c1)c1ccc[nH]1. The third kappa shape index (κ3) is 3.85. The van der Waals surface area contributed by atoms with E-state index < -0.39 is 15.9 Å². The van der Waals surface area contributed by atoms with E-state index in [0.717, 1.165) is 10.00 Å². The Morgan fingerprint density at radius 3 is 2.57 bits per heavy atom. The van der Waals surface area contributed by atoms with Crippen molar-refractivity contribution in [3.8, 4) is 0 Å². The smallest absolute Gasteiger partial charge is 0.271 e. The van der Waals surface area contributed by atoms with Gasteiger partial charge in [0.1, 0.15) is 0 Å². The fraction of sp³-hybridized carbons (Fsp3) is 0.200. The highest BCUT2D eigenvalue weighted by Gasteiger charge is 2.18. The fourth-order valence-electron chi connectivity index (χ4n) is 1.82. The maximum atomic E-state index is 12.1. The van der Waals surface area contributed by atoms with Gasteiger partial charge in [-0.2, -0.15) is 5.10 Å². The summed E-state index contributed by atoms with van der Waals surface area (Å²) in [6.07, 6.45) is 1.76. The van der Waals surface area contributed by atoms with Gasteiger partial charge in [0.2, 0.25) is 10.0 Å². The topological polar surface area (TPSA) is 94.6 Å². The summed E-state index contributed by atoms with van der Waals surface area (Å²) in [7, 11) is -0.714. The van der Waals surface area contributed by atoms with Crippen LogP contribution in [0.2, 0.25) is 0 Å². The van der Waals surface area contributed by atoms with E-state index in [1.807, 2.05) is 12.1 Å². The minimum atomic E-state index is -3.59. The predicted octanol–water partition coefficient (Wildman–Crippen LogP) is 1.42. The number of H-pyrrole nitrogens is 1. The second-order valence-electron chi connectivity index (χ2n) is 5.04. The van der Waals surface area contributed by atoms with Gasteiger partial charge in [-0.25, -0.2) is 18.1 Å². The van der Waals surface area contributed by atoms with E-state index in [4.69, 9.17) is 0 Å². The minimum absolute atomic E-state index is 0.0558. The van der Waals surface area contributed by atoms with Crippen molar-refractivity contribution >= 4 is 21.6 Å². The summed E-state index contributed by atoms with van der Waals surface area (Å²) in [5.74, 6) is -0.480. The van der Waals surface area contributed by atoms with Gasteiger partial charge < -0.3 is 4.98 Å². The van der Waals surface area contributed by atoms with Crippen LogP contribution in [0.15, 0.2) is 52.6 Å². The van der Waals surface area contributed by atoms with Crippen LogP contribution in [0.5, 0.6) is 0 Å². The lowest BCUT2D eigenvalue weighted by Gasteiger charge is -2.11. The molecule has 0 saturated heterocycles. The number of amides is 1. The molecule has 0 fully saturated rings. The molecule has 23 heavy (non-hydrogen) atoms. The van der Waals surface area contributed by atoms with Gasteiger partial charge >= 0.3 is 0 Å². The molecule has 1 aromatic carbocycles. The molecule has 2 rings (SSSR count). The van der Waals surface area contributed by atoms with E-state index in [9.17, 15) is 13.2 Å². The lowest BCUT2D eigenvalue weighted by atomic mass is 10.2. The van der Waals surface area contributed by atoms with Gasteiger partial charge in [-0.05, 0) is 37.3 Å². The Labute approximate surface area is 135 Å². The summed E-state index contributed by atoms with van der Waals surface area (Å²) in [6, 6.07) is 9.47. The lowest BCUT2D eigenvalue weighted by molar-refractivity contribution is 0.0954. The number of carbonyl (C=O) groups is 1. The largest absolute Gasteiger partial charge is 0.360 e. The summed E-state index contributed by atoms with van der Waals surface area (Å²) in [5, 5.41) is 4.00. The zero-order chi connectivity index (χ0) is 17.0. The molecule has 0 atom stereocenters. The van der Waals surface area contributed by atoms with Crippen LogP contribution in [0.4, 0.5) is 0 Å². The van der Waals surface area contributed by atoms with Gasteiger partial charge in [0.25, 0.3) is 5.91 Å². The molecule has 0 spiro atoms. The van der Waals surface area contributed by atoms with Crippen molar-refractivity contribution in [2.75, 3.05) is 14.1 Å². The van der Waals surface area contributed by atoms with Crippen LogP contribution >= 0.6 is 0 Å². The van der Waals surface area contributed by atoms with E-state index in [1.54, 1.807) is 13.1 Å². The second kappa shape index (κ2) is 6.76. The predicted molar refractivity (Wildman–Crippen MR) is 87.8 cm³/mol. The molecule has 8 heteroatoms. The Bertz CT molecular complexity index is 824. The van der Waals surface area contributed by atoms with E-state index >= 15 is 0 Å². The quantitative estimate of drug-likeness (QED) is 0.639. The summed E-state index contributed by atoms with van der Waals surface area (Å²) >= 11 is 0. The number of benzene rings is 1. The average molecular weight is 334 g/mol. The number of aromatic nitrogens is 1. The molecule has 7 nitrogen and oxygen atoms in total. The molecule has 1 amide bonds. The summed E-state index contributed by atoms with van der Waals surface area (Å²) in [4.78, 5) is 15.2. The molecule has 122 valence electrons. The Kier molecular flexibility index (Phi) is 4.97. The zero-order valence-corrected chi connectivity index (χ0v) is 13.9. The van der Waals surface area contributed by atoms with Crippen LogP contribution in [-0.4, -0.2) is 43.4 Å². The molecule has 0 bridgehead atoms. The second-order valence-corrected chi connectivity index (χ2v) is 7.19. The fourth-order valence-corrected chi connectivity index (χ4v) is 2.77. The van der Waals surface area contributed by atoms with Crippen molar-refractivity contribution in [1.29, 1.82) is 0 Å². The number of hydrogen-bond donors (Lipinski definition) is 2. The summed E-state index contributed by atoms with van der Waals surface area (Å²) in [6.45, 7) is 1.75. The molecule has 2 N–H and O–H groups in total. The van der Waals surface area contributed by atoms with E-state index in [1.165, 1.54) is 38.4 Å². The summed E-state index contributed by atoms with van der Waals surface area (Å²) < 4.78 is 25.3. The molecular weight excluding hydrogens is 316 g/mol. The number of hydrogen-bond acceptors (Lipinski definition) is 4. The third-order valence-corrected chi connectivity index (χ3v) is 5.00. The summed E-state index contributed by atoms with van der Waals surface area (Å²) in [5.41, 5.74) is 4.03. The number of nitrogens with zero attached hydrogens (tertiary/aromatic N) is 2. The Morgan fingerprint density at radius 1 is 1.22 bits per heavy atom. The van der Waals surface area contributed by atoms with Crippen LogP contribution < -0.4 is 5.43 Å². The Balaban J connectivity index is 2.19. The van der Waals surface area contributed by atoms with Crippen molar-refractivity contribution in [3.05, 3.63) is 53.9 Å². The highest BCUT2D eigenvalue weighted by atomic mass is 32.2. The van der Waals surface area contributed by atoms with Gasteiger partial charge in [0.15, 0.2) is 0 Å². The van der Waals surface area contributed by atoms with Crippen molar-refractivity contribution in [1.82, 2.24) is 14.7 Å². The van der Waals surface area contributed by atoms with Gasteiger partial charge in [-0.15, -0.1) is 0 Å². The number of rotatable bonds is 5. The maximum absolute atomic E-state index is 12.1. The van der Waals surface area contributed by atoms with Gasteiger partial charge in [-0.3, -0.25) is 4.79 Å². The Morgan fingerprint density at radius 2 is 1.96 bits per heavy atom. The molecular formula is C15H18N4O3S. The highest BCUT2D eigenvalue weighted by molar-refractivity contribution is 7.89. The first kappa shape index (κ1) is 16.9. The normalized spacial score (nSPS) is 12.4. The monoisotopic (exact) mass is 334 g/mol.